The molecule has 1 amide bonds. The predicted octanol–water partition coefficient (Wildman–Crippen LogP) is 2.69. The van der Waals surface area contributed by atoms with Crippen LogP contribution in [0, 0.1) is 23.6 Å². The third-order valence-corrected chi connectivity index (χ3v) is 4.03. The zero-order valence-corrected chi connectivity index (χ0v) is 10.2. The van der Waals surface area contributed by atoms with Gasteiger partial charge in [0.15, 0.2) is 0 Å². The van der Waals surface area contributed by atoms with E-state index in [0.717, 1.165) is 12.0 Å². The molecule has 2 nitrogen and oxygen atoms in total. The van der Waals surface area contributed by atoms with E-state index in [1.807, 2.05) is 13.0 Å². The molecule has 92 valence electrons. The quantitative estimate of drug-likeness (QED) is 0.856. The molecule has 0 aromatic heterocycles. The zero-order valence-electron chi connectivity index (χ0n) is 10.2. The number of carbonyl (C=O) groups is 1. The fourth-order valence-corrected chi connectivity index (χ4v) is 2.55. The summed E-state index contributed by atoms with van der Waals surface area (Å²) in [6.07, 6.45) is 1.03. The van der Waals surface area contributed by atoms with Crippen molar-refractivity contribution in [3.05, 3.63) is 35.6 Å². The van der Waals surface area contributed by atoms with Gasteiger partial charge in [-0.2, -0.15) is 0 Å². The lowest BCUT2D eigenvalue weighted by atomic mass is 9.89. The molecule has 0 aliphatic heterocycles. The smallest absolute Gasteiger partial charge is 0.220 e. The van der Waals surface area contributed by atoms with E-state index < -0.39 is 0 Å². The van der Waals surface area contributed by atoms with Crippen LogP contribution in [-0.4, -0.2) is 5.91 Å². The normalized spacial score (nSPS) is 26.3. The number of hydrogen-bond donors (Lipinski definition) is 1. The van der Waals surface area contributed by atoms with Gasteiger partial charge in [-0.3, -0.25) is 4.79 Å². The number of amides is 1. The van der Waals surface area contributed by atoms with E-state index in [1.54, 1.807) is 12.1 Å². The molecule has 0 heterocycles. The lowest BCUT2D eigenvalue weighted by Gasteiger charge is -2.16. The molecule has 1 aliphatic rings. The van der Waals surface area contributed by atoms with Crippen molar-refractivity contribution in [3.63, 3.8) is 0 Å². The maximum atomic E-state index is 13.1. The van der Waals surface area contributed by atoms with Crippen LogP contribution in [0.15, 0.2) is 24.3 Å². The Morgan fingerprint density at radius 2 is 2.18 bits per heavy atom. The number of benzene rings is 1. The summed E-state index contributed by atoms with van der Waals surface area (Å²) in [6, 6.07) is 6.74. The average Bonchev–Trinajstić information content (AvgIpc) is 3.07. The molecule has 1 aromatic carbocycles. The van der Waals surface area contributed by atoms with Crippen molar-refractivity contribution in [3.8, 4) is 0 Å². The summed E-state index contributed by atoms with van der Waals surface area (Å²) < 4.78 is 13.1. The van der Waals surface area contributed by atoms with Crippen LogP contribution in [0.3, 0.4) is 0 Å². The van der Waals surface area contributed by atoms with E-state index >= 15 is 0 Å². The van der Waals surface area contributed by atoms with Gasteiger partial charge in [-0.1, -0.05) is 26.0 Å². The van der Waals surface area contributed by atoms with Crippen LogP contribution in [0.1, 0.15) is 31.7 Å². The van der Waals surface area contributed by atoms with Gasteiger partial charge in [0, 0.05) is 5.92 Å². The van der Waals surface area contributed by atoms with Gasteiger partial charge in [0.25, 0.3) is 0 Å². The molecule has 1 saturated carbocycles. The number of halogens is 1. The Hall–Kier alpha value is -1.38. The van der Waals surface area contributed by atoms with Crippen LogP contribution >= 0.6 is 0 Å². The molecule has 0 saturated heterocycles. The Morgan fingerprint density at radius 3 is 2.76 bits per heavy atom. The molecule has 0 bridgehead atoms. The summed E-state index contributed by atoms with van der Waals surface area (Å²) in [5.74, 6) is 0.562. The highest BCUT2D eigenvalue weighted by molar-refractivity contribution is 5.76. The molecular weight excluding hydrogens is 217 g/mol. The van der Waals surface area contributed by atoms with Crippen LogP contribution in [0.4, 0.5) is 4.39 Å². The molecule has 4 atom stereocenters. The highest BCUT2D eigenvalue weighted by atomic mass is 19.1. The second kappa shape index (κ2) is 4.47. The third-order valence-electron chi connectivity index (χ3n) is 4.03. The first kappa shape index (κ1) is 12.1. The molecule has 3 heteroatoms. The molecular formula is C14H18FNO. The molecule has 17 heavy (non-hydrogen) atoms. The van der Waals surface area contributed by atoms with Crippen molar-refractivity contribution < 1.29 is 9.18 Å². The van der Waals surface area contributed by atoms with Gasteiger partial charge in [0.05, 0.1) is 0 Å². The molecule has 2 rings (SSSR count). The Kier molecular flexibility index (Phi) is 3.18. The van der Waals surface area contributed by atoms with Crippen LogP contribution in [0.5, 0.6) is 0 Å². The minimum atomic E-state index is -0.248. The minimum Gasteiger partial charge on any atom is -0.369 e. The lowest BCUT2D eigenvalue weighted by Crippen LogP contribution is -2.27. The zero-order chi connectivity index (χ0) is 12.6. The van der Waals surface area contributed by atoms with Gasteiger partial charge in [0.1, 0.15) is 5.82 Å². The van der Waals surface area contributed by atoms with Crippen LogP contribution < -0.4 is 5.73 Å². The minimum absolute atomic E-state index is 0.112. The highest BCUT2D eigenvalue weighted by Crippen LogP contribution is 2.53. The monoisotopic (exact) mass is 235 g/mol. The number of nitrogens with two attached hydrogens (primary N) is 1. The summed E-state index contributed by atoms with van der Waals surface area (Å²) in [4.78, 5) is 11.1. The summed E-state index contributed by atoms with van der Waals surface area (Å²) in [5.41, 5.74) is 6.35. The van der Waals surface area contributed by atoms with Crippen molar-refractivity contribution in [1.29, 1.82) is 0 Å². The molecule has 0 spiro atoms. The Morgan fingerprint density at radius 1 is 1.47 bits per heavy atom. The molecule has 1 aliphatic carbocycles. The van der Waals surface area contributed by atoms with Gasteiger partial charge in [-0.05, 0) is 41.9 Å². The summed E-state index contributed by atoms with van der Waals surface area (Å²) in [6.45, 7) is 3.92. The van der Waals surface area contributed by atoms with Crippen LogP contribution in [0.2, 0.25) is 0 Å². The van der Waals surface area contributed by atoms with Crippen molar-refractivity contribution in [2.75, 3.05) is 0 Å². The van der Waals surface area contributed by atoms with Crippen LogP contribution in [-0.2, 0) is 4.79 Å². The van der Waals surface area contributed by atoms with Crippen molar-refractivity contribution in [2.24, 2.45) is 23.5 Å². The summed E-state index contributed by atoms with van der Waals surface area (Å²) in [5, 5.41) is 0. The van der Waals surface area contributed by atoms with E-state index in [9.17, 15) is 9.18 Å². The predicted molar refractivity (Wildman–Crippen MR) is 64.8 cm³/mol. The van der Waals surface area contributed by atoms with E-state index in [-0.39, 0.29) is 23.6 Å². The van der Waals surface area contributed by atoms with Crippen LogP contribution in [0.25, 0.3) is 0 Å². The summed E-state index contributed by atoms with van der Waals surface area (Å²) in [7, 11) is 0. The van der Waals surface area contributed by atoms with Crippen molar-refractivity contribution in [2.45, 2.75) is 26.2 Å². The maximum absolute atomic E-state index is 13.1. The number of rotatable bonds is 4. The topological polar surface area (TPSA) is 43.1 Å². The fraction of sp³-hybridized carbons (Fsp3) is 0.500. The van der Waals surface area contributed by atoms with Crippen molar-refractivity contribution in [1.82, 2.24) is 0 Å². The average molecular weight is 235 g/mol. The number of carbonyl (C=O) groups excluding carboxylic acids is 1. The second-order valence-corrected chi connectivity index (χ2v) is 5.11. The first-order valence-electron chi connectivity index (χ1n) is 6.05. The Bertz CT molecular complexity index is 432. The van der Waals surface area contributed by atoms with Crippen molar-refractivity contribution >= 4 is 5.91 Å². The van der Waals surface area contributed by atoms with Gasteiger partial charge in [-0.25, -0.2) is 4.39 Å². The maximum Gasteiger partial charge on any atom is 0.220 e. The van der Waals surface area contributed by atoms with E-state index in [4.69, 9.17) is 5.73 Å². The van der Waals surface area contributed by atoms with Gasteiger partial charge >= 0.3 is 0 Å². The van der Waals surface area contributed by atoms with Gasteiger partial charge in [-0.15, -0.1) is 0 Å². The standard InChI is InChI=1S/C14H18FNO/c1-8(9(2)14(16)17)12-7-13(12)10-4-3-5-11(15)6-10/h3-6,8-9,12-13H,7H2,1-2H3,(H2,16,17). The largest absolute Gasteiger partial charge is 0.369 e. The van der Waals surface area contributed by atoms with E-state index in [0.29, 0.717) is 11.8 Å². The molecule has 4 unspecified atom stereocenters. The fourth-order valence-electron chi connectivity index (χ4n) is 2.55. The molecule has 0 radical (unpaired) electrons. The Balaban J connectivity index is 2.03. The molecule has 1 aromatic rings. The Labute approximate surface area is 101 Å². The first-order chi connectivity index (χ1) is 8.00. The number of hydrogen-bond acceptors (Lipinski definition) is 1. The lowest BCUT2D eigenvalue weighted by molar-refractivity contribution is -0.122. The third kappa shape index (κ3) is 2.48. The van der Waals surface area contributed by atoms with Gasteiger partial charge in [0.2, 0.25) is 5.91 Å². The second-order valence-electron chi connectivity index (χ2n) is 5.11. The van der Waals surface area contributed by atoms with Gasteiger partial charge < -0.3 is 5.73 Å². The summed E-state index contributed by atoms with van der Waals surface area (Å²) >= 11 is 0. The SMILES string of the molecule is CC(C(N)=O)C(C)C1CC1c1cccc(F)c1. The molecule has 1 fully saturated rings. The molecule has 2 N–H and O–H groups in total. The number of primary amides is 1. The first-order valence-corrected chi connectivity index (χ1v) is 6.05. The van der Waals surface area contributed by atoms with E-state index in [1.165, 1.54) is 6.07 Å². The van der Waals surface area contributed by atoms with E-state index in [2.05, 4.69) is 6.92 Å². The highest BCUT2D eigenvalue weighted by Gasteiger charge is 2.44.